The van der Waals surface area contributed by atoms with Crippen LogP contribution in [0.1, 0.15) is 0 Å². The summed E-state index contributed by atoms with van der Waals surface area (Å²) in [4.78, 5) is 0. The van der Waals surface area contributed by atoms with E-state index < -0.39 is 75.0 Å². The molecule has 0 aliphatic heterocycles. The molecule has 13 heteroatoms. The van der Waals surface area contributed by atoms with Crippen LogP contribution in [-0.4, -0.2) is 7.11 Å². The predicted molar refractivity (Wildman–Crippen MR) is 73.0 cm³/mol. The highest BCUT2D eigenvalue weighted by atomic mass is 32.4. The second kappa shape index (κ2) is 6.82. The van der Waals surface area contributed by atoms with Crippen molar-refractivity contribution in [1.29, 1.82) is 0 Å². The van der Waals surface area contributed by atoms with Gasteiger partial charge in [0.05, 0.1) is 10.6 Å². The number of hydrogen-bond donors (Lipinski definition) is 0. The Morgan fingerprint density at radius 1 is 0.500 bits per heavy atom. The molecular weight excluding hydrogens is 425 g/mol. The lowest BCUT2D eigenvalue weighted by Crippen LogP contribution is -2.31. The lowest BCUT2D eigenvalue weighted by molar-refractivity contribution is 0.379. The van der Waals surface area contributed by atoms with Crippen molar-refractivity contribution < 1.29 is 48.4 Å². The fourth-order valence-electron chi connectivity index (χ4n) is 2.00. The Morgan fingerprint density at radius 2 is 0.692 bits per heavy atom. The Hall–Kier alpha value is -1.65. The summed E-state index contributed by atoms with van der Waals surface area (Å²) in [6.45, 7) is 0. The molecule has 0 amide bonds. The minimum absolute atomic E-state index is 0.455. The number of hydrogen-bond acceptors (Lipinski definition) is 2. The van der Waals surface area contributed by atoms with Crippen LogP contribution < -0.4 is 10.6 Å². The Bertz CT molecular complexity index is 845. The third-order valence-corrected chi connectivity index (χ3v) is 7.24. The first-order chi connectivity index (χ1) is 11.9. The van der Waals surface area contributed by atoms with Crippen LogP contribution in [0.15, 0.2) is 0 Å². The van der Waals surface area contributed by atoms with Crippen LogP contribution >= 0.6 is 6.26 Å². The van der Waals surface area contributed by atoms with Gasteiger partial charge in [0, 0.05) is 7.11 Å². The smallest absolute Gasteiger partial charge is 0.200 e. The van der Waals surface area contributed by atoms with Crippen LogP contribution in [0.2, 0.25) is 0 Å². The standard InChI is InChI=1S/C13H3F10OPS/c1-24-25(26,12-8(20)4(16)2(14)5(17)9(12)21)13-10(22)6(18)3(15)7(19)11(13)23/h1H3. The van der Waals surface area contributed by atoms with Gasteiger partial charge in [-0.1, -0.05) is 11.8 Å². The highest BCUT2D eigenvalue weighted by molar-refractivity contribution is 8.19. The van der Waals surface area contributed by atoms with E-state index in [2.05, 4.69) is 16.3 Å². The van der Waals surface area contributed by atoms with Crippen molar-refractivity contribution in [2.45, 2.75) is 0 Å². The molecule has 2 aromatic rings. The van der Waals surface area contributed by atoms with Crippen molar-refractivity contribution in [3.63, 3.8) is 0 Å². The third kappa shape index (κ3) is 2.71. The van der Waals surface area contributed by atoms with Crippen molar-refractivity contribution in [2.75, 3.05) is 7.11 Å². The molecular formula is C13H3F10OPS. The Kier molecular flexibility index (Phi) is 5.42. The first-order valence-electron chi connectivity index (χ1n) is 6.11. The van der Waals surface area contributed by atoms with E-state index in [4.69, 9.17) is 0 Å². The monoisotopic (exact) mass is 428 g/mol. The summed E-state index contributed by atoms with van der Waals surface area (Å²) in [7, 11) is 0.455. The molecule has 0 unspecified atom stereocenters. The van der Waals surface area contributed by atoms with Gasteiger partial charge in [-0.3, -0.25) is 0 Å². The Morgan fingerprint density at radius 3 is 0.885 bits per heavy atom. The molecule has 1 nitrogen and oxygen atoms in total. The lowest BCUT2D eigenvalue weighted by atomic mass is 10.3. The summed E-state index contributed by atoms with van der Waals surface area (Å²) < 4.78 is 140. The summed E-state index contributed by atoms with van der Waals surface area (Å²) in [6.07, 6.45) is -5.16. The first-order valence-corrected chi connectivity index (χ1v) is 8.83. The molecule has 0 heterocycles. The minimum Gasteiger partial charge on any atom is -0.345 e. The molecule has 0 aromatic heterocycles. The summed E-state index contributed by atoms with van der Waals surface area (Å²) >= 11 is 4.53. The van der Waals surface area contributed by atoms with Gasteiger partial charge in [-0.05, 0) is 0 Å². The largest absolute Gasteiger partial charge is 0.345 e. The molecule has 2 aromatic carbocycles. The molecule has 26 heavy (non-hydrogen) atoms. The number of rotatable bonds is 3. The first kappa shape index (κ1) is 20.7. The number of halogens is 10. The summed E-state index contributed by atoms with van der Waals surface area (Å²) in [5, 5.41) is -4.01. The maximum Gasteiger partial charge on any atom is 0.200 e. The maximum absolute atomic E-state index is 14.0. The molecule has 0 N–H and O–H groups in total. The van der Waals surface area contributed by atoms with E-state index in [1.54, 1.807) is 0 Å². The van der Waals surface area contributed by atoms with Gasteiger partial charge in [0.25, 0.3) is 0 Å². The van der Waals surface area contributed by atoms with Crippen LogP contribution in [-0.2, 0) is 16.3 Å². The molecule has 0 fully saturated rings. The molecule has 0 atom stereocenters. The van der Waals surface area contributed by atoms with Gasteiger partial charge in [-0.15, -0.1) is 0 Å². The van der Waals surface area contributed by atoms with Gasteiger partial charge in [-0.25, -0.2) is 43.9 Å². The van der Waals surface area contributed by atoms with Crippen molar-refractivity contribution in [3.8, 4) is 0 Å². The second-order valence-corrected chi connectivity index (χ2v) is 8.48. The second-order valence-electron chi connectivity index (χ2n) is 4.57. The average molecular weight is 428 g/mol. The predicted octanol–water partition coefficient (Wildman–Crippen LogP) is 4.07. The quantitative estimate of drug-likeness (QED) is 0.316. The molecule has 142 valence electrons. The normalized spacial score (nSPS) is 12.0. The zero-order valence-corrected chi connectivity index (χ0v) is 13.8. The van der Waals surface area contributed by atoms with Crippen LogP contribution in [0.4, 0.5) is 43.9 Å². The van der Waals surface area contributed by atoms with Crippen molar-refractivity contribution in [1.82, 2.24) is 0 Å². The fraction of sp³-hybridized carbons (Fsp3) is 0.0769. The minimum atomic E-state index is -5.16. The molecule has 0 aliphatic carbocycles. The molecule has 0 saturated carbocycles. The highest BCUT2D eigenvalue weighted by Gasteiger charge is 2.42. The molecule has 0 saturated heterocycles. The van der Waals surface area contributed by atoms with Gasteiger partial charge < -0.3 is 4.52 Å². The molecule has 0 radical (unpaired) electrons. The summed E-state index contributed by atoms with van der Waals surface area (Å²) in [5.41, 5.74) is 0. The summed E-state index contributed by atoms with van der Waals surface area (Å²) in [6, 6.07) is 0. The van der Waals surface area contributed by atoms with Gasteiger partial charge in [-0.2, -0.15) is 0 Å². The van der Waals surface area contributed by atoms with Crippen molar-refractivity contribution >= 4 is 28.7 Å². The van der Waals surface area contributed by atoms with Crippen LogP contribution in [0.25, 0.3) is 0 Å². The topological polar surface area (TPSA) is 9.23 Å². The SMILES string of the molecule is COP(=S)(c1c(F)c(F)c(F)c(F)c1F)c1c(F)c(F)c(F)c(F)c1F. The average Bonchev–Trinajstić information content (AvgIpc) is 2.61. The zero-order chi connectivity index (χ0) is 20.1. The maximum atomic E-state index is 14.0. The van der Waals surface area contributed by atoms with E-state index in [9.17, 15) is 43.9 Å². The van der Waals surface area contributed by atoms with Crippen LogP contribution in [0.5, 0.6) is 0 Å². The highest BCUT2D eigenvalue weighted by Crippen LogP contribution is 2.48. The van der Waals surface area contributed by atoms with Crippen molar-refractivity contribution in [2.24, 2.45) is 0 Å². The number of benzene rings is 2. The van der Waals surface area contributed by atoms with E-state index in [1.165, 1.54) is 0 Å². The van der Waals surface area contributed by atoms with Gasteiger partial charge in [0.15, 0.2) is 46.5 Å². The Labute approximate surface area is 143 Å². The van der Waals surface area contributed by atoms with Crippen LogP contribution in [0, 0.1) is 58.2 Å². The fourth-order valence-corrected chi connectivity index (χ4v) is 4.97. The molecule has 0 spiro atoms. The summed E-state index contributed by atoms with van der Waals surface area (Å²) in [5.74, 6) is -25.8. The van der Waals surface area contributed by atoms with Crippen molar-refractivity contribution in [3.05, 3.63) is 58.2 Å². The Balaban J connectivity index is 3.06. The van der Waals surface area contributed by atoms with E-state index in [0.29, 0.717) is 7.11 Å². The van der Waals surface area contributed by atoms with Crippen LogP contribution in [0.3, 0.4) is 0 Å². The van der Waals surface area contributed by atoms with Gasteiger partial charge >= 0.3 is 0 Å². The molecule has 0 bridgehead atoms. The van der Waals surface area contributed by atoms with E-state index in [-0.39, 0.29) is 0 Å². The lowest BCUT2D eigenvalue weighted by Gasteiger charge is -2.24. The molecule has 2 rings (SSSR count). The van der Waals surface area contributed by atoms with E-state index >= 15 is 0 Å². The molecule has 0 aliphatic rings. The van der Waals surface area contributed by atoms with Gasteiger partial charge in [0.2, 0.25) is 11.6 Å². The zero-order valence-electron chi connectivity index (χ0n) is 12.0. The van der Waals surface area contributed by atoms with E-state index in [0.717, 1.165) is 0 Å². The third-order valence-electron chi connectivity index (χ3n) is 3.22. The van der Waals surface area contributed by atoms with Gasteiger partial charge in [0.1, 0.15) is 6.26 Å². The van der Waals surface area contributed by atoms with E-state index in [1.807, 2.05) is 0 Å².